The van der Waals surface area contributed by atoms with Crippen molar-refractivity contribution in [1.82, 2.24) is 0 Å². The number of nitrogens with one attached hydrogen (secondary N) is 1. The Morgan fingerprint density at radius 1 is 1.14 bits per heavy atom. The maximum Gasteiger partial charge on any atom is 0.291 e. The monoisotopic (exact) mass is 423 g/mol. The van der Waals surface area contributed by atoms with Crippen LogP contribution >= 0.6 is 23.1 Å². The summed E-state index contributed by atoms with van der Waals surface area (Å²) in [5.74, 6) is 0.798. The number of furan rings is 1. The lowest BCUT2D eigenvalue weighted by Crippen LogP contribution is -2.13. The van der Waals surface area contributed by atoms with Crippen LogP contribution in [0.15, 0.2) is 74.7 Å². The van der Waals surface area contributed by atoms with E-state index in [9.17, 15) is 4.79 Å². The van der Waals surface area contributed by atoms with Crippen molar-refractivity contribution in [3.63, 3.8) is 0 Å². The van der Waals surface area contributed by atoms with E-state index in [0.717, 1.165) is 27.8 Å². The van der Waals surface area contributed by atoms with Crippen molar-refractivity contribution in [3.05, 3.63) is 82.9 Å². The molecule has 4 rings (SSSR count). The number of hydrogen-bond donors (Lipinski definition) is 1. The largest absolute Gasteiger partial charge is 0.451 e. The summed E-state index contributed by atoms with van der Waals surface area (Å²) in [6.45, 7) is 3.14. The highest BCUT2D eigenvalue weighted by molar-refractivity contribution is 8.00. The molecule has 0 aliphatic carbocycles. The second kappa shape index (κ2) is 9.31. The second-order valence-corrected chi connectivity index (χ2v) is 8.64. The summed E-state index contributed by atoms with van der Waals surface area (Å²) >= 11 is 3.41. The van der Waals surface area contributed by atoms with Gasteiger partial charge in [0.25, 0.3) is 5.91 Å². The average Bonchev–Trinajstić information content (AvgIpc) is 3.38. The highest BCUT2D eigenvalue weighted by Crippen LogP contribution is 2.34. The molecule has 2 aromatic carbocycles. The molecule has 0 bridgehead atoms. The van der Waals surface area contributed by atoms with Crippen LogP contribution < -0.4 is 5.32 Å². The van der Waals surface area contributed by atoms with Gasteiger partial charge in [-0.3, -0.25) is 4.79 Å². The first-order valence-corrected chi connectivity index (χ1v) is 11.3. The molecule has 4 nitrogen and oxygen atoms in total. The summed E-state index contributed by atoms with van der Waals surface area (Å²) in [5.41, 5.74) is 3.39. The van der Waals surface area contributed by atoms with E-state index in [4.69, 9.17) is 9.15 Å². The number of benzene rings is 2. The van der Waals surface area contributed by atoms with E-state index in [1.165, 1.54) is 4.21 Å². The van der Waals surface area contributed by atoms with Gasteiger partial charge in [-0.25, -0.2) is 0 Å². The molecule has 148 valence electrons. The molecule has 6 heteroatoms. The molecule has 0 unspecified atom stereocenters. The van der Waals surface area contributed by atoms with Gasteiger partial charge in [0.2, 0.25) is 0 Å². The quantitative estimate of drug-likeness (QED) is 0.325. The number of hydrogen-bond acceptors (Lipinski definition) is 5. The van der Waals surface area contributed by atoms with Crippen LogP contribution in [0.5, 0.6) is 0 Å². The number of amides is 1. The number of para-hydroxylation sites is 1. The highest BCUT2D eigenvalue weighted by Gasteiger charge is 2.21. The van der Waals surface area contributed by atoms with Gasteiger partial charge in [0.15, 0.2) is 5.76 Å². The van der Waals surface area contributed by atoms with Gasteiger partial charge in [-0.05, 0) is 42.1 Å². The lowest BCUT2D eigenvalue weighted by atomic mass is 10.1. The molecule has 0 saturated carbocycles. The summed E-state index contributed by atoms with van der Waals surface area (Å²) in [7, 11) is 0. The summed E-state index contributed by atoms with van der Waals surface area (Å²) in [6.07, 6.45) is 0. The Morgan fingerprint density at radius 3 is 2.86 bits per heavy atom. The van der Waals surface area contributed by atoms with Crippen LogP contribution in [0.4, 0.5) is 5.69 Å². The molecule has 1 amide bonds. The van der Waals surface area contributed by atoms with E-state index in [0.29, 0.717) is 24.7 Å². The molecule has 29 heavy (non-hydrogen) atoms. The number of anilines is 1. The number of carbonyl (C=O) groups is 1. The van der Waals surface area contributed by atoms with Gasteiger partial charge in [0.1, 0.15) is 5.58 Å². The Bertz CT molecular complexity index is 1100. The Kier molecular flexibility index (Phi) is 6.34. The molecule has 1 N–H and O–H groups in total. The lowest BCUT2D eigenvalue weighted by molar-refractivity contribution is 0.0997. The summed E-state index contributed by atoms with van der Waals surface area (Å²) in [5, 5.41) is 6.01. The van der Waals surface area contributed by atoms with Crippen LogP contribution in [0.3, 0.4) is 0 Å². The number of carbonyl (C=O) groups excluding carboxylic acids is 1. The minimum Gasteiger partial charge on any atom is -0.451 e. The first-order chi connectivity index (χ1) is 14.2. The van der Waals surface area contributed by atoms with Crippen LogP contribution in [0.25, 0.3) is 11.0 Å². The first-order valence-electron chi connectivity index (χ1n) is 9.39. The molecule has 0 fully saturated rings. The van der Waals surface area contributed by atoms with Crippen LogP contribution in [0.2, 0.25) is 0 Å². The summed E-state index contributed by atoms with van der Waals surface area (Å²) < 4.78 is 12.6. The number of rotatable bonds is 8. The zero-order valence-electron chi connectivity index (χ0n) is 16.0. The highest BCUT2D eigenvalue weighted by atomic mass is 32.2. The maximum atomic E-state index is 13.0. The maximum absolute atomic E-state index is 13.0. The van der Waals surface area contributed by atoms with Crippen molar-refractivity contribution in [3.8, 4) is 0 Å². The number of thiophene rings is 1. The third-order valence-electron chi connectivity index (χ3n) is 4.42. The zero-order chi connectivity index (χ0) is 20.1. The molecule has 0 aliphatic rings. The number of fused-ring (bicyclic) bond motifs is 1. The fourth-order valence-electron chi connectivity index (χ4n) is 3.06. The molecule has 4 aromatic rings. The van der Waals surface area contributed by atoms with Crippen molar-refractivity contribution < 1.29 is 13.9 Å². The van der Waals surface area contributed by atoms with Crippen molar-refractivity contribution in [1.29, 1.82) is 0 Å². The number of ether oxygens (including phenoxy) is 1. The second-order valence-electron chi connectivity index (χ2n) is 6.42. The van der Waals surface area contributed by atoms with Crippen LogP contribution in [0, 0.1) is 0 Å². The van der Waals surface area contributed by atoms with Gasteiger partial charge in [0, 0.05) is 29.0 Å². The lowest BCUT2D eigenvalue weighted by Gasteiger charge is -2.08. The third kappa shape index (κ3) is 4.72. The van der Waals surface area contributed by atoms with E-state index < -0.39 is 0 Å². The summed E-state index contributed by atoms with van der Waals surface area (Å²) in [4.78, 5) is 13.0. The normalized spacial score (nSPS) is 11.1. The molecule has 0 aliphatic heterocycles. The smallest absolute Gasteiger partial charge is 0.291 e. The molecule has 0 saturated heterocycles. The third-order valence-corrected chi connectivity index (χ3v) is 6.57. The van der Waals surface area contributed by atoms with Crippen molar-refractivity contribution in [2.75, 3.05) is 11.9 Å². The Balaban J connectivity index is 1.59. The molecule has 0 atom stereocenters. The van der Waals surface area contributed by atoms with Gasteiger partial charge >= 0.3 is 0 Å². The van der Waals surface area contributed by atoms with Crippen molar-refractivity contribution in [2.24, 2.45) is 0 Å². The van der Waals surface area contributed by atoms with Gasteiger partial charge in [-0.15, -0.1) is 23.1 Å². The SMILES string of the molecule is CCOCc1cccc(NC(=O)c2oc3ccccc3c2CSc2cccs2)c1. The standard InChI is InChI=1S/C23H21NO3S2/c1-2-26-14-16-7-5-8-17(13-16)24-23(25)22-19(15-29-21-11-6-12-28-21)18-9-3-4-10-20(18)27-22/h3-13H,2,14-15H2,1H3,(H,24,25). The van der Waals surface area contributed by atoms with Gasteiger partial charge in [0.05, 0.1) is 10.8 Å². The van der Waals surface area contributed by atoms with Gasteiger partial charge in [-0.1, -0.05) is 36.4 Å². The molecule has 0 spiro atoms. The number of thioether (sulfide) groups is 1. The predicted molar refractivity (Wildman–Crippen MR) is 120 cm³/mol. The molecular formula is C23H21NO3S2. The van der Waals surface area contributed by atoms with Crippen LogP contribution in [-0.2, 0) is 17.1 Å². The van der Waals surface area contributed by atoms with E-state index >= 15 is 0 Å². The summed E-state index contributed by atoms with van der Waals surface area (Å²) in [6, 6.07) is 19.6. The van der Waals surface area contributed by atoms with Crippen LogP contribution in [0.1, 0.15) is 28.6 Å². The van der Waals surface area contributed by atoms with Crippen LogP contribution in [-0.4, -0.2) is 12.5 Å². The average molecular weight is 424 g/mol. The van der Waals surface area contributed by atoms with E-state index in [1.807, 2.05) is 61.5 Å². The minimum atomic E-state index is -0.239. The van der Waals surface area contributed by atoms with Gasteiger partial charge in [-0.2, -0.15) is 0 Å². The van der Waals surface area contributed by atoms with E-state index in [1.54, 1.807) is 23.1 Å². The molecule has 0 radical (unpaired) electrons. The molecular weight excluding hydrogens is 402 g/mol. The van der Waals surface area contributed by atoms with E-state index in [-0.39, 0.29) is 5.91 Å². The predicted octanol–water partition coefficient (Wildman–Crippen LogP) is 6.58. The Hall–Kier alpha value is -2.54. The van der Waals surface area contributed by atoms with Crippen molar-refractivity contribution in [2.45, 2.75) is 23.5 Å². The van der Waals surface area contributed by atoms with E-state index in [2.05, 4.69) is 16.8 Å². The Morgan fingerprint density at radius 2 is 2.03 bits per heavy atom. The molecule has 2 aromatic heterocycles. The first kappa shape index (κ1) is 19.8. The fraction of sp³-hybridized carbons (Fsp3) is 0.174. The minimum absolute atomic E-state index is 0.239. The fourth-order valence-corrected chi connectivity index (χ4v) is 4.87. The molecule has 2 heterocycles. The Labute approximate surface area is 177 Å². The zero-order valence-corrected chi connectivity index (χ0v) is 17.6. The van der Waals surface area contributed by atoms with Crippen molar-refractivity contribution >= 4 is 45.7 Å². The topological polar surface area (TPSA) is 51.5 Å². The van der Waals surface area contributed by atoms with Gasteiger partial charge < -0.3 is 14.5 Å².